The number of benzene rings is 1. The topological polar surface area (TPSA) is 71.7 Å². The van der Waals surface area contributed by atoms with Crippen LogP contribution in [0.2, 0.25) is 0 Å². The van der Waals surface area contributed by atoms with Gasteiger partial charge >= 0.3 is 12.2 Å². The van der Waals surface area contributed by atoms with E-state index in [1.165, 1.54) is 4.90 Å². The van der Waals surface area contributed by atoms with E-state index in [9.17, 15) is 22.8 Å². The van der Waals surface area contributed by atoms with Crippen LogP contribution in [0.25, 0.3) is 10.9 Å². The summed E-state index contributed by atoms with van der Waals surface area (Å²) in [5.41, 5.74) is 0.910. The SMILES string of the molecule is C=CCN1C[C@H](C(=O)N(CCCN(C)C)C(=O)NCC)C[C@@H]2c3cccc4[nH]c(C(F)(F)F)c(c34)C[C@H]21. The Balaban J connectivity index is 1.69. The minimum Gasteiger partial charge on any atom is -0.351 e. The minimum absolute atomic E-state index is 0.131. The first-order valence-corrected chi connectivity index (χ1v) is 12.9. The molecule has 1 aliphatic carbocycles. The molecule has 2 aromatic rings. The molecule has 2 heterocycles. The molecule has 202 valence electrons. The number of likely N-dealkylation sites (tertiary alicyclic amines) is 1. The first-order chi connectivity index (χ1) is 17.6. The highest BCUT2D eigenvalue weighted by Crippen LogP contribution is 2.48. The van der Waals surface area contributed by atoms with Gasteiger partial charge in [-0.05, 0) is 64.0 Å². The van der Waals surface area contributed by atoms with Gasteiger partial charge in [-0.1, -0.05) is 18.2 Å². The van der Waals surface area contributed by atoms with Gasteiger partial charge in [-0.3, -0.25) is 14.6 Å². The Morgan fingerprint density at radius 3 is 2.68 bits per heavy atom. The number of carbonyl (C=O) groups excluding carboxylic acids is 2. The summed E-state index contributed by atoms with van der Waals surface area (Å²) in [6, 6.07) is 4.73. The van der Waals surface area contributed by atoms with Crippen molar-refractivity contribution in [3.8, 4) is 0 Å². The van der Waals surface area contributed by atoms with Gasteiger partial charge in [0.1, 0.15) is 5.69 Å². The fraction of sp³-hybridized carbons (Fsp3) is 0.556. The van der Waals surface area contributed by atoms with Gasteiger partial charge in [-0.15, -0.1) is 6.58 Å². The standard InChI is InChI=1S/C27H36F3N5O2/c1-5-11-34-16-17(25(36)35(26(37)31-6-2)13-8-12-33(3)4)14-19-18-9-7-10-21-23(18)20(15-22(19)34)24(32-21)27(28,29)30/h5,7,9-10,17,19,22,32H,1,6,8,11-16H2,2-4H3,(H,31,37)/t17-,19-,22-/m1/s1. The second kappa shape index (κ2) is 10.9. The highest BCUT2D eigenvalue weighted by atomic mass is 19.4. The number of halogens is 3. The number of fused-ring (bicyclic) bond motifs is 2. The molecule has 1 aromatic carbocycles. The van der Waals surface area contributed by atoms with Crippen molar-refractivity contribution in [1.29, 1.82) is 0 Å². The maximum Gasteiger partial charge on any atom is 0.431 e. The Morgan fingerprint density at radius 2 is 2.03 bits per heavy atom. The molecule has 3 amide bonds. The molecule has 0 radical (unpaired) electrons. The van der Waals surface area contributed by atoms with Crippen LogP contribution in [0.15, 0.2) is 30.9 Å². The quantitative estimate of drug-likeness (QED) is 0.513. The molecule has 0 bridgehead atoms. The van der Waals surface area contributed by atoms with Crippen molar-refractivity contribution in [2.45, 2.75) is 44.3 Å². The van der Waals surface area contributed by atoms with Crippen molar-refractivity contribution in [2.24, 2.45) is 5.92 Å². The maximum atomic E-state index is 13.9. The van der Waals surface area contributed by atoms with Crippen molar-refractivity contribution in [2.75, 3.05) is 46.8 Å². The third-order valence-corrected chi connectivity index (χ3v) is 7.52. The van der Waals surface area contributed by atoms with Crippen molar-refractivity contribution >= 4 is 22.8 Å². The number of rotatable bonds is 8. The molecular formula is C27H36F3N5O2. The molecule has 1 fully saturated rings. The minimum atomic E-state index is -4.48. The lowest BCUT2D eigenvalue weighted by atomic mass is 9.71. The Bertz CT molecular complexity index is 1160. The van der Waals surface area contributed by atoms with E-state index >= 15 is 0 Å². The number of nitrogens with zero attached hydrogens (tertiary/aromatic N) is 3. The lowest BCUT2D eigenvalue weighted by molar-refractivity contribution is -0.141. The van der Waals surface area contributed by atoms with Gasteiger partial charge in [-0.2, -0.15) is 13.2 Å². The van der Waals surface area contributed by atoms with Gasteiger partial charge in [0.15, 0.2) is 0 Å². The fourth-order valence-electron chi connectivity index (χ4n) is 6.01. The highest BCUT2D eigenvalue weighted by Gasteiger charge is 2.47. The van der Waals surface area contributed by atoms with E-state index in [4.69, 9.17) is 0 Å². The number of amides is 3. The van der Waals surface area contributed by atoms with Crippen molar-refractivity contribution in [3.63, 3.8) is 0 Å². The predicted octanol–water partition coefficient (Wildman–Crippen LogP) is 4.21. The molecule has 1 saturated heterocycles. The van der Waals surface area contributed by atoms with Crippen molar-refractivity contribution in [3.05, 3.63) is 47.7 Å². The molecule has 4 rings (SSSR count). The van der Waals surface area contributed by atoms with E-state index in [-0.39, 0.29) is 24.3 Å². The molecule has 2 aliphatic rings. The first kappa shape index (κ1) is 27.2. The van der Waals surface area contributed by atoms with Crippen LogP contribution in [0.4, 0.5) is 18.0 Å². The third kappa shape index (κ3) is 5.40. The number of carbonyl (C=O) groups is 2. The summed E-state index contributed by atoms with van der Waals surface area (Å²) in [5.74, 6) is -0.824. The van der Waals surface area contributed by atoms with Gasteiger partial charge in [0.2, 0.25) is 5.91 Å². The zero-order valence-electron chi connectivity index (χ0n) is 21.7. The van der Waals surface area contributed by atoms with Crippen LogP contribution in [0.1, 0.15) is 42.5 Å². The monoisotopic (exact) mass is 519 g/mol. The van der Waals surface area contributed by atoms with Crippen LogP contribution >= 0.6 is 0 Å². The second-order valence-electron chi connectivity index (χ2n) is 10.3. The lowest BCUT2D eigenvalue weighted by Gasteiger charge is -2.47. The van der Waals surface area contributed by atoms with Crippen LogP contribution < -0.4 is 5.32 Å². The molecule has 1 aliphatic heterocycles. The predicted molar refractivity (Wildman–Crippen MR) is 137 cm³/mol. The zero-order chi connectivity index (χ0) is 26.9. The largest absolute Gasteiger partial charge is 0.431 e. The Labute approximate surface area is 215 Å². The van der Waals surface area contributed by atoms with E-state index in [0.717, 1.165) is 12.1 Å². The number of nitrogens with one attached hydrogen (secondary N) is 2. The number of aromatic nitrogens is 1. The molecule has 0 saturated carbocycles. The number of aromatic amines is 1. The lowest BCUT2D eigenvalue weighted by Crippen LogP contribution is -2.55. The fourth-order valence-corrected chi connectivity index (χ4v) is 6.01. The van der Waals surface area contributed by atoms with E-state index in [2.05, 4.69) is 21.8 Å². The highest BCUT2D eigenvalue weighted by molar-refractivity contribution is 5.96. The van der Waals surface area contributed by atoms with Crippen molar-refractivity contribution < 1.29 is 22.8 Å². The van der Waals surface area contributed by atoms with E-state index < -0.39 is 23.8 Å². The van der Waals surface area contributed by atoms with Gasteiger partial charge < -0.3 is 15.2 Å². The van der Waals surface area contributed by atoms with E-state index in [1.54, 1.807) is 18.2 Å². The maximum absolute atomic E-state index is 13.9. The number of hydrogen-bond acceptors (Lipinski definition) is 4. The molecule has 0 unspecified atom stereocenters. The molecule has 7 nitrogen and oxygen atoms in total. The normalized spacial score (nSPS) is 21.6. The van der Waals surface area contributed by atoms with Gasteiger partial charge in [-0.25, -0.2) is 4.79 Å². The summed E-state index contributed by atoms with van der Waals surface area (Å²) in [5, 5.41) is 3.37. The average Bonchev–Trinajstić information content (AvgIpc) is 3.22. The Kier molecular flexibility index (Phi) is 7.99. The van der Waals surface area contributed by atoms with Crippen LogP contribution in [-0.4, -0.2) is 84.5 Å². The van der Waals surface area contributed by atoms with Crippen LogP contribution in [0.3, 0.4) is 0 Å². The van der Waals surface area contributed by atoms with E-state index in [0.29, 0.717) is 55.5 Å². The van der Waals surface area contributed by atoms with Crippen LogP contribution in [0, 0.1) is 5.92 Å². The summed E-state index contributed by atoms with van der Waals surface area (Å²) in [6.07, 6.45) is -1.38. The first-order valence-electron chi connectivity index (χ1n) is 12.9. The number of alkyl halides is 3. The molecule has 0 spiro atoms. The van der Waals surface area contributed by atoms with Crippen molar-refractivity contribution in [1.82, 2.24) is 25.0 Å². The number of hydrogen-bond donors (Lipinski definition) is 2. The summed E-state index contributed by atoms with van der Waals surface area (Å²) in [4.78, 5) is 34.6. The van der Waals surface area contributed by atoms with Crippen LogP contribution in [-0.2, 0) is 17.4 Å². The number of H-pyrrole nitrogens is 1. The summed E-state index contributed by atoms with van der Waals surface area (Å²) >= 11 is 0. The number of urea groups is 1. The Morgan fingerprint density at radius 1 is 1.27 bits per heavy atom. The molecule has 37 heavy (non-hydrogen) atoms. The number of imide groups is 1. The number of piperidine rings is 1. The average molecular weight is 520 g/mol. The summed E-state index contributed by atoms with van der Waals surface area (Å²) < 4.78 is 41.7. The summed E-state index contributed by atoms with van der Waals surface area (Å²) in [6.45, 7) is 7.92. The smallest absolute Gasteiger partial charge is 0.351 e. The third-order valence-electron chi connectivity index (χ3n) is 7.52. The van der Waals surface area contributed by atoms with Gasteiger partial charge in [0.05, 0.1) is 5.92 Å². The molecule has 2 N–H and O–H groups in total. The summed E-state index contributed by atoms with van der Waals surface area (Å²) in [7, 11) is 3.88. The Hall–Kier alpha value is -2.85. The van der Waals surface area contributed by atoms with Gasteiger partial charge in [0.25, 0.3) is 0 Å². The molecule has 10 heteroatoms. The zero-order valence-corrected chi connectivity index (χ0v) is 21.7. The molecule has 3 atom stereocenters. The molecular weight excluding hydrogens is 483 g/mol. The molecule has 1 aromatic heterocycles. The van der Waals surface area contributed by atoms with Crippen LogP contribution in [0.5, 0.6) is 0 Å². The van der Waals surface area contributed by atoms with Gasteiger partial charge in [0, 0.05) is 49.0 Å². The second-order valence-corrected chi connectivity index (χ2v) is 10.3. The van der Waals surface area contributed by atoms with E-state index in [1.807, 2.05) is 32.0 Å².